The van der Waals surface area contributed by atoms with Gasteiger partial charge in [-0.1, -0.05) is 25.5 Å². The minimum Gasteiger partial charge on any atom is -0.399 e. The molecule has 0 saturated carbocycles. The summed E-state index contributed by atoms with van der Waals surface area (Å²) < 4.78 is 7.69. The Kier molecular flexibility index (Phi) is 4.98. The maximum absolute atomic E-state index is 5.81. The van der Waals surface area contributed by atoms with Crippen molar-refractivity contribution >= 4 is 5.69 Å². The molecule has 0 aliphatic heterocycles. The van der Waals surface area contributed by atoms with Crippen molar-refractivity contribution in [2.45, 2.75) is 26.3 Å². The molecule has 102 valence electrons. The Hall–Kier alpha value is -1.81. The van der Waals surface area contributed by atoms with E-state index in [0.717, 1.165) is 36.6 Å². The third kappa shape index (κ3) is 3.83. The maximum atomic E-state index is 5.81. The summed E-state index contributed by atoms with van der Waals surface area (Å²) in [5.41, 5.74) is 7.60. The zero-order valence-corrected chi connectivity index (χ0v) is 11.4. The van der Waals surface area contributed by atoms with Gasteiger partial charge >= 0.3 is 0 Å². The molecule has 2 N–H and O–H groups in total. The van der Waals surface area contributed by atoms with E-state index in [1.165, 1.54) is 6.42 Å². The number of benzene rings is 1. The van der Waals surface area contributed by atoms with Gasteiger partial charge in [0.2, 0.25) is 0 Å². The Morgan fingerprint density at radius 3 is 3.00 bits per heavy atom. The lowest BCUT2D eigenvalue weighted by molar-refractivity contribution is 0.124. The van der Waals surface area contributed by atoms with Crippen LogP contribution in [0.25, 0.3) is 11.4 Å². The standard InChI is InChI=1S/C15H21N3O/c1-2-3-10-19-11-9-18-8-7-17-15(18)13-5-4-6-14(16)12-13/h4-8,12H,2-3,9-11,16H2,1H3. The van der Waals surface area contributed by atoms with Gasteiger partial charge in [-0.3, -0.25) is 0 Å². The van der Waals surface area contributed by atoms with Crippen molar-refractivity contribution in [2.75, 3.05) is 18.9 Å². The van der Waals surface area contributed by atoms with Crippen molar-refractivity contribution in [1.29, 1.82) is 0 Å². The maximum Gasteiger partial charge on any atom is 0.140 e. The minimum absolute atomic E-state index is 0.714. The first kappa shape index (κ1) is 13.6. The molecule has 4 heteroatoms. The molecule has 4 nitrogen and oxygen atoms in total. The number of anilines is 1. The largest absolute Gasteiger partial charge is 0.399 e. The van der Waals surface area contributed by atoms with Crippen LogP contribution in [0.2, 0.25) is 0 Å². The molecular formula is C15H21N3O. The molecule has 0 bridgehead atoms. The lowest BCUT2D eigenvalue weighted by Gasteiger charge is -2.09. The molecule has 0 atom stereocenters. The fourth-order valence-electron chi connectivity index (χ4n) is 1.94. The van der Waals surface area contributed by atoms with Gasteiger partial charge in [0, 0.05) is 36.8 Å². The summed E-state index contributed by atoms with van der Waals surface area (Å²) >= 11 is 0. The second kappa shape index (κ2) is 6.95. The Labute approximate surface area is 114 Å². The zero-order valence-electron chi connectivity index (χ0n) is 11.4. The molecule has 1 heterocycles. The molecule has 0 aliphatic rings. The molecular weight excluding hydrogens is 238 g/mol. The number of hydrogen-bond acceptors (Lipinski definition) is 3. The van der Waals surface area contributed by atoms with E-state index in [2.05, 4.69) is 16.5 Å². The molecule has 0 amide bonds. The first-order chi connectivity index (χ1) is 9.31. The van der Waals surface area contributed by atoms with E-state index >= 15 is 0 Å². The van der Waals surface area contributed by atoms with E-state index in [4.69, 9.17) is 10.5 Å². The second-order valence-corrected chi connectivity index (χ2v) is 4.54. The summed E-state index contributed by atoms with van der Waals surface area (Å²) in [7, 11) is 0. The van der Waals surface area contributed by atoms with Gasteiger partial charge in [0.05, 0.1) is 6.61 Å². The van der Waals surface area contributed by atoms with Gasteiger partial charge < -0.3 is 15.0 Å². The molecule has 0 aliphatic carbocycles. The van der Waals surface area contributed by atoms with Crippen LogP contribution in [-0.4, -0.2) is 22.8 Å². The molecule has 0 radical (unpaired) electrons. The Bertz CT molecular complexity index is 508. The third-order valence-electron chi connectivity index (χ3n) is 2.98. The van der Waals surface area contributed by atoms with Crippen molar-refractivity contribution in [3.05, 3.63) is 36.7 Å². The second-order valence-electron chi connectivity index (χ2n) is 4.54. The van der Waals surface area contributed by atoms with Crippen LogP contribution >= 0.6 is 0 Å². The number of nitrogens with two attached hydrogens (primary N) is 1. The first-order valence-corrected chi connectivity index (χ1v) is 6.76. The fourth-order valence-corrected chi connectivity index (χ4v) is 1.94. The number of nitrogen functional groups attached to an aromatic ring is 1. The van der Waals surface area contributed by atoms with Gasteiger partial charge in [-0.25, -0.2) is 4.98 Å². The summed E-state index contributed by atoms with van der Waals surface area (Å²) in [6.07, 6.45) is 6.07. The summed E-state index contributed by atoms with van der Waals surface area (Å²) in [5.74, 6) is 0.936. The third-order valence-corrected chi connectivity index (χ3v) is 2.98. The van der Waals surface area contributed by atoms with Gasteiger partial charge in [-0.2, -0.15) is 0 Å². The lowest BCUT2D eigenvalue weighted by Crippen LogP contribution is -2.07. The zero-order chi connectivity index (χ0) is 13.5. The van der Waals surface area contributed by atoms with Gasteiger partial charge in [0.1, 0.15) is 5.82 Å². The van der Waals surface area contributed by atoms with Gasteiger partial charge in [0.15, 0.2) is 0 Å². The van der Waals surface area contributed by atoms with Gasteiger partial charge in [0.25, 0.3) is 0 Å². The van der Waals surface area contributed by atoms with E-state index in [1.807, 2.05) is 36.7 Å². The highest BCUT2D eigenvalue weighted by atomic mass is 16.5. The Morgan fingerprint density at radius 1 is 1.32 bits per heavy atom. The van der Waals surface area contributed by atoms with Crippen molar-refractivity contribution in [2.24, 2.45) is 0 Å². The highest BCUT2D eigenvalue weighted by molar-refractivity contribution is 5.61. The quantitative estimate of drug-likeness (QED) is 0.614. The van der Waals surface area contributed by atoms with Crippen LogP contribution in [0.1, 0.15) is 19.8 Å². The molecule has 2 rings (SSSR count). The number of ether oxygens (including phenoxy) is 1. The SMILES string of the molecule is CCCCOCCn1ccnc1-c1cccc(N)c1. The van der Waals surface area contributed by atoms with E-state index in [9.17, 15) is 0 Å². The summed E-state index contributed by atoms with van der Waals surface area (Å²) in [5, 5.41) is 0. The number of nitrogens with zero attached hydrogens (tertiary/aromatic N) is 2. The van der Waals surface area contributed by atoms with E-state index in [1.54, 1.807) is 0 Å². The van der Waals surface area contributed by atoms with Crippen molar-refractivity contribution in [3.63, 3.8) is 0 Å². The van der Waals surface area contributed by atoms with Crippen LogP contribution in [-0.2, 0) is 11.3 Å². The van der Waals surface area contributed by atoms with E-state index in [0.29, 0.717) is 6.61 Å². The van der Waals surface area contributed by atoms with Crippen LogP contribution in [0, 0.1) is 0 Å². The summed E-state index contributed by atoms with van der Waals surface area (Å²) in [6.45, 7) is 4.52. The monoisotopic (exact) mass is 259 g/mol. The van der Waals surface area contributed by atoms with Gasteiger partial charge in [-0.05, 0) is 18.6 Å². The highest BCUT2D eigenvalue weighted by Crippen LogP contribution is 2.19. The normalized spacial score (nSPS) is 10.8. The Morgan fingerprint density at radius 2 is 2.21 bits per heavy atom. The average Bonchev–Trinajstić information content (AvgIpc) is 2.87. The number of hydrogen-bond donors (Lipinski definition) is 1. The van der Waals surface area contributed by atoms with E-state index < -0.39 is 0 Å². The predicted molar refractivity (Wildman–Crippen MR) is 77.8 cm³/mol. The van der Waals surface area contributed by atoms with Gasteiger partial charge in [-0.15, -0.1) is 0 Å². The predicted octanol–water partition coefficient (Wildman–Crippen LogP) is 2.95. The average molecular weight is 259 g/mol. The van der Waals surface area contributed by atoms with Crippen LogP contribution in [0.5, 0.6) is 0 Å². The summed E-state index contributed by atoms with van der Waals surface area (Å²) in [6, 6.07) is 7.79. The molecule has 2 aromatic rings. The smallest absolute Gasteiger partial charge is 0.140 e. The van der Waals surface area contributed by atoms with Crippen LogP contribution in [0.15, 0.2) is 36.7 Å². The van der Waals surface area contributed by atoms with Crippen LogP contribution in [0.4, 0.5) is 5.69 Å². The molecule has 0 unspecified atom stereocenters. The molecule has 0 fully saturated rings. The van der Waals surface area contributed by atoms with Crippen LogP contribution in [0.3, 0.4) is 0 Å². The first-order valence-electron chi connectivity index (χ1n) is 6.76. The lowest BCUT2D eigenvalue weighted by atomic mass is 10.2. The van der Waals surface area contributed by atoms with Crippen molar-refractivity contribution < 1.29 is 4.74 Å². The molecule has 19 heavy (non-hydrogen) atoms. The number of imidazole rings is 1. The highest BCUT2D eigenvalue weighted by Gasteiger charge is 2.05. The summed E-state index contributed by atoms with van der Waals surface area (Å²) in [4.78, 5) is 4.39. The molecule has 0 saturated heterocycles. The number of unbranched alkanes of at least 4 members (excludes halogenated alkanes) is 1. The molecule has 1 aromatic carbocycles. The Balaban J connectivity index is 1.98. The fraction of sp³-hybridized carbons (Fsp3) is 0.400. The van der Waals surface area contributed by atoms with E-state index in [-0.39, 0.29) is 0 Å². The van der Waals surface area contributed by atoms with Crippen molar-refractivity contribution in [3.8, 4) is 11.4 Å². The number of rotatable bonds is 7. The number of aromatic nitrogens is 2. The molecule has 1 aromatic heterocycles. The van der Waals surface area contributed by atoms with Crippen LogP contribution < -0.4 is 5.73 Å². The minimum atomic E-state index is 0.714. The topological polar surface area (TPSA) is 53.1 Å². The molecule has 0 spiro atoms. The van der Waals surface area contributed by atoms with Crippen molar-refractivity contribution in [1.82, 2.24) is 9.55 Å².